The van der Waals surface area contributed by atoms with E-state index in [9.17, 15) is 4.79 Å². The highest BCUT2D eigenvalue weighted by Crippen LogP contribution is 2.18. The van der Waals surface area contributed by atoms with Gasteiger partial charge < -0.3 is 10.6 Å². The van der Waals surface area contributed by atoms with Crippen molar-refractivity contribution in [2.45, 2.75) is 26.2 Å². The number of hydrogen-bond acceptors (Lipinski definition) is 2. The third kappa shape index (κ3) is 4.03. The number of nitrogens with one attached hydrogen (secondary N) is 2. The van der Waals surface area contributed by atoms with Crippen molar-refractivity contribution in [2.75, 3.05) is 18.9 Å². The molecule has 0 aliphatic heterocycles. The smallest absolute Gasteiger partial charge is 0.225 e. The monoisotopic (exact) mass is 220 g/mol. The first kappa shape index (κ1) is 12.7. The number of carbonyl (C=O) groups excluding carboxylic acids is 1. The fourth-order valence-corrected chi connectivity index (χ4v) is 1.44. The molecule has 88 valence electrons. The molecule has 0 bridgehead atoms. The van der Waals surface area contributed by atoms with Crippen LogP contribution in [0.15, 0.2) is 24.3 Å². The molecule has 0 unspecified atom stereocenters. The molecule has 3 nitrogen and oxygen atoms in total. The Morgan fingerprint density at radius 1 is 1.38 bits per heavy atom. The maximum absolute atomic E-state index is 11.5. The second-order valence-electron chi connectivity index (χ2n) is 4.18. The normalized spacial score (nSPS) is 10.5. The minimum Gasteiger partial charge on any atom is -0.326 e. The van der Waals surface area contributed by atoms with E-state index in [0.717, 1.165) is 5.69 Å². The van der Waals surface area contributed by atoms with E-state index in [4.69, 9.17) is 0 Å². The molecule has 0 saturated carbocycles. The summed E-state index contributed by atoms with van der Waals surface area (Å²) in [6.07, 6.45) is 0.502. The quantitative estimate of drug-likeness (QED) is 0.799. The summed E-state index contributed by atoms with van der Waals surface area (Å²) in [6, 6.07) is 8.00. The van der Waals surface area contributed by atoms with Crippen LogP contribution in [0, 0.1) is 0 Å². The molecule has 1 aromatic carbocycles. The van der Waals surface area contributed by atoms with Gasteiger partial charge in [0.25, 0.3) is 0 Å². The zero-order valence-corrected chi connectivity index (χ0v) is 10.2. The highest BCUT2D eigenvalue weighted by Gasteiger charge is 2.03. The number of anilines is 1. The molecular weight excluding hydrogens is 200 g/mol. The van der Waals surface area contributed by atoms with Gasteiger partial charge >= 0.3 is 0 Å². The molecule has 2 N–H and O–H groups in total. The van der Waals surface area contributed by atoms with Gasteiger partial charge in [-0.1, -0.05) is 26.0 Å². The Morgan fingerprint density at radius 3 is 2.75 bits per heavy atom. The van der Waals surface area contributed by atoms with E-state index in [2.05, 4.69) is 30.5 Å². The molecule has 0 atom stereocenters. The number of benzene rings is 1. The van der Waals surface area contributed by atoms with Crippen LogP contribution >= 0.6 is 0 Å². The maximum atomic E-state index is 11.5. The second kappa shape index (κ2) is 6.28. The average molecular weight is 220 g/mol. The van der Waals surface area contributed by atoms with E-state index in [1.54, 1.807) is 0 Å². The molecule has 0 radical (unpaired) electrons. The van der Waals surface area contributed by atoms with Gasteiger partial charge in [0.05, 0.1) is 0 Å². The van der Waals surface area contributed by atoms with Gasteiger partial charge in [0.2, 0.25) is 5.91 Å². The molecular formula is C13H20N2O. The Balaban J connectivity index is 2.59. The van der Waals surface area contributed by atoms with Gasteiger partial charge in [-0.2, -0.15) is 0 Å². The zero-order valence-electron chi connectivity index (χ0n) is 10.2. The summed E-state index contributed by atoms with van der Waals surface area (Å²) < 4.78 is 0. The first-order valence-electron chi connectivity index (χ1n) is 5.68. The SMILES string of the molecule is CNCCC(=O)Nc1cccc(C(C)C)c1. The van der Waals surface area contributed by atoms with Crippen molar-refractivity contribution >= 4 is 11.6 Å². The summed E-state index contributed by atoms with van der Waals surface area (Å²) in [5.74, 6) is 0.532. The van der Waals surface area contributed by atoms with Crippen LogP contribution in [0.4, 0.5) is 5.69 Å². The molecule has 0 aliphatic carbocycles. The minimum absolute atomic E-state index is 0.0512. The lowest BCUT2D eigenvalue weighted by Gasteiger charge is -2.09. The van der Waals surface area contributed by atoms with Crippen molar-refractivity contribution in [3.8, 4) is 0 Å². The third-order valence-electron chi connectivity index (χ3n) is 2.44. The Kier molecular flexibility index (Phi) is 4.99. The Labute approximate surface area is 97.2 Å². The lowest BCUT2D eigenvalue weighted by atomic mass is 10.0. The summed E-state index contributed by atoms with van der Waals surface area (Å²) >= 11 is 0. The number of rotatable bonds is 5. The summed E-state index contributed by atoms with van der Waals surface area (Å²) in [7, 11) is 1.84. The maximum Gasteiger partial charge on any atom is 0.225 e. The van der Waals surface area contributed by atoms with Crippen LogP contribution in [0.1, 0.15) is 31.7 Å². The second-order valence-corrected chi connectivity index (χ2v) is 4.18. The van der Waals surface area contributed by atoms with Gasteiger partial charge in [0.15, 0.2) is 0 Å². The molecule has 0 saturated heterocycles. The van der Waals surface area contributed by atoms with E-state index in [0.29, 0.717) is 18.9 Å². The molecule has 0 aliphatic rings. The molecule has 16 heavy (non-hydrogen) atoms. The molecule has 1 aromatic rings. The largest absolute Gasteiger partial charge is 0.326 e. The van der Waals surface area contributed by atoms with Gasteiger partial charge in [0.1, 0.15) is 0 Å². The van der Waals surface area contributed by atoms with Crippen molar-refractivity contribution in [1.29, 1.82) is 0 Å². The highest BCUT2D eigenvalue weighted by atomic mass is 16.1. The van der Waals surface area contributed by atoms with E-state index in [1.165, 1.54) is 5.56 Å². The Morgan fingerprint density at radius 2 is 2.12 bits per heavy atom. The first-order chi connectivity index (χ1) is 7.63. The fraction of sp³-hybridized carbons (Fsp3) is 0.462. The third-order valence-corrected chi connectivity index (χ3v) is 2.44. The van der Waals surface area contributed by atoms with Crippen LogP contribution in [0.2, 0.25) is 0 Å². The van der Waals surface area contributed by atoms with Gasteiger partial charge in [-0.05, 0) is 30.7 Å². The molecule has 1 amide bonds. The van der Waals surface area contributed by atoms with Gasteiger partial charge in [-0.3, -0.25) is 4.79 Å². The molecule has 0 spiro atoms. The number of carbonyl (C=O) groups is 1. The Hall–Kier alpha value is -1.35. The van der Waals surface area contributed by atoms with E-state index >= 15 is 0 Å². The summed E-state index contributed by atoms with van der Waals surface area (Å²) in [5.41, 5.74) is 2.12. The number of hydrogen-bond donors (Lipinski definition) is 2. The predicted molar refractivity (Wildman–Crippen MR) is 67.7 cm³/mol. The summed E-state index contributed by atoms with van der Waals surface area (Å²) in [6.45, 7) is 4.99. The van der Waals surface area contributed by atoms with Crippen LogP contribution in [-0.2, 0) is 4.79 Å². The Bertz CT molecular complexity index is 348. The van der Waals surface area contributed by atoms with E-state index in [-0.39, 0.29) is 5.91 Å². The average Bonchev–Trinajstić information content (AvgIpc) is 2.26. The lowest BCUT2D eigenvalue weighted by molar-refractivity contribution is -0.116. The van der Waals surface area contributed by atoms with Crippen LogP contribution in [0.3, 0.4) is 0 Å². The zero-order chi connectivity index (χ0) is 12.0. The molecule has 3 heteroatoms. The van der Waals surface area contributed by atoms with Gasteiger partial charge in [0, 0.05) is 18.7 Å². The summed E-state index contributed by atoms with van der Waals surface area (Å²) in [4.78, 5) is 11.5. The van der Waals surface area contributed by atoms with Crippen molar-refractivity contribution in [3.63, 3.8) is 0 Å². The predicted octanol–water partition coefficient (Wildman–Crippen LogP) is 2.36. The van der Waals surface area contributed by atoms with Gasteiger partial charge in [-0.25, -0.2) is 0 Å². The highest BCUT2D eigenvalue weighted by molar-refractivity contribution is 5.90. The first-order valence-corrected chi connectivity index (χ1v) is 5.68. The lowest BCUT2D eigenvalue weighted by Crippen LogP contribution is -2.18. The fourth-order valence-electron chi connectivity index (χ4n) is 1.44. The van der Waals surface area contributed by atoms with Crippen molar-refractivity contribution < 1.29 is 4.79 Å². The molecule has 0 fully saturated rings. The topological polar surface area (TPSA) is 41.1 Å². The molecule has 0 aromatic heterocycles. The van der Waals surface area contributed by atoms with Crippen molar-refractivity contribution in [1.82, 2.24) is 5.32 Å². The van der Waals surface area contributed by atoms with Crippen LogP contribution in [-0.4, -0.2) is 19.5 Å². The molecule has 1 rings (SSSR count). The van der Waals surface area contributed by atoms with Crippen LogP contribution in [0.5, 0.6) is 0 Å². The van der Waals surface area contributed by atoms with E-state index < -0.39 is 0 Å². The van der Waals surface area contributed by atoms with Crippen molar-refractivity contribution in [2.24, 2.45) is 0 Å². The van der Waals surface area contributed by atoms with Gasteiger partial charge in [-0.15, -0.1) is 0 Å². The van der Waals surface area contributed by atoms with E-state index in [1.807, 2.05) is 25.2 Å². The number of amides is 1. The summed E-state index contributed by atoms with van der Waals surface area (Å²) in [5, 5.41) is 5.85. The van der Waals surface area contributed by atoms with Crippen molar-refractivity contribution in [3.05, 3.63) is 29.8 Å². The van der Waals surface area contributed by atoms with Crippen LogP contribution < -0.4 is 10.6 Å². The minimum atomic E-state index is 0.0512. The van der Waals surface area contributed by atoms with Crippen LogP contribution in [0.25, 0.3) is 0 Å². The standard InChI is InChI=1S/C13H20N2O/c1-10(2)11-5-4-6-12(9-11)15-13(16)7-8-14-3/h4-6,9-10,14H,7-8H2,1-3H3,(H,15,16). The molecule has 0 heterocycles.